The van der Waals surface area contributed by atoms with Gasteiger partial charge in [0.15, 0.2) is 17.6 Å². The van der Waals surface area contributed by atoms with Crippen molar-refractivity contribution in [3.63, 3.8) is 0 Å². The molecular weight excluding hydrogens is 342 g/mol. The molecule has 2 aliphatic rings. The predicted octanol–water partition coefficient (Wildman–Crippen LogP) is 3.03. The molecule has 0 saturated carbocycles. The van der Waals surface area contributed by atoms with Crippen LogP contribution < -0.4 is 9.47 Å². The van der Waals surface area contributed by atoms with Gasteiger partial charge in [0, 0.05) is 20.3 Å². The van der Waals surface area contributed by atoms with Crippen molar-refractivity contribution in [1.29, 1.82) is 0 Å². The Kier molecular flexibility index (Phi) is 5.03. The number of hydrogen-bond donors (Lipinski definition) is 0. The van der Waals surface area contributed by atoms with Crippen LogP contribution in [0.5, 0.6) is 11.5 Å². The van der Waals surface area contributed by atoms with E-state index < -0.39 is 5.41 Å². The lowest BCUT2D eigenvalue weighted by Gasteiger charge is -2.40. The highest BCUT2D eigenvalue weighted by molar-refractivity contribution is 5.88. The number of hydrogen-bond acceptors (Lipinski definition) is 4. The summed E-state index contributed by atoms with van der Waals surface area (Å²) in [4.78, 5) is 15.3. The summed E-state index contributed by atoms with van der Waals surface area (Å²) in [7, 11) is 1.85. The van der Waals surface area contributed by atoms with Crippen LogP contribution in [0.4, 0.5) is 0 Å². The molecule has 0 N–H and O–H groups in total. The van der Waals surface area contributed by atoms with E-state index in [0.29, 0.717) is 39.2 Å². The lowest BCUT2D eigenvalue weighted by molar-refractivity contribution is -0.141. The number of fused-ring (bicyclic) bond motifs is 1. The van der Waals surface area contributed by atoms with Crippen molar-refractivity contribution in [1.82, 2.24) is 4.90 Å². The summed E-state index contributed by atoms with van der Waals surface area (Å²) in [5.74, 6) is 1.62. The van der Waals surface area contributed by atoms with E-state index in [0.717, 1.165) is 17.1 Å². The van der Waals surface area contributed by atoms with Crippen LogP contribution in [0.15, 0.2) is 54.6 Å². The highest BCUT2D eigenvalue weighted by Crippen LogP contribution is 2.37. The Morgan fingerprint density at radius 3 is 2.44 bits per heavy atom. The van der Waals surface area contributed by atoms with E-state index in [1.807, 2.05) is 61.6 Å². The molecule has 2 aromatic carbocycles. The second-order valence-electron chi connectivity index (χ2n) is 7.24. The zero-order chi connectivity index (χ0) is 18.7. The quantitative estimate of drug-likeness (QED) is 0.833. The third kappa shape index (κ3) is 3.52. The summed E-state index contributed by atoms with van der Waals surface area (Å²) < 4.78 is 17.4. The number of likely N-dealkylation sites (N-methyl/N-ethyl adjacent to an activating group) is 1. The normalized spacial score (nSPS) is 20.7. The Balaban J connectivity index is 1.50. The predicted molar refractivity (Wildman–Crippen MR) is 102 cm³/mol. The van der Waals surface area contributed by atoms with Crippen LogP contribution in [0.2, 0.25) is 0 Å². The molecule has 0 radical (unpaired) electrons. The number of nitrogens with zero attached hydrogens (tertiary/aromatic N) is 1. The average Bonchev–Trinajstić information content (AvgIpc) is 2.74. The maximum Gasteiger partial charge on any atom is 0.233 e. The Morgan fingerprint density at radius 1 is 1.04 bits per heavy atom. The van der Waals surface area contributed by atoms with Gasteiger partial charge in [0.1, 0.15) is 6.61 Å². The standard InChI is InChI=1S/C22H25NO4/c1-23(15-18-16-26-19-9-5-6-10-20(19)27-18)21(24)22(11-13-25-14-12-22)17-7-3-2-4-8-17/h2-10,18H,11-16H2,1H3. The first-order valence-corrected chi connectivity index (χ1v) is 9.46. The fourth-order valence-corrected chi connectivity index (χ4v) is 4.01. The molecule has 142 valence electrons. The van der Waals surface area contributed by atoms with Gasteiger partial charge < -0.3 is 19.1 Å². The smallest absolute Gasteiger partial charge is 0.233 e. The van der Waals surface area contributed by atoms with Crippen molar-refractivity contribution in [2.45, 2.75) is 24.4 Å². The molecule has 1 amide bonds. The largest absolute Gasteiger partial charge is 0.486 e. The van der Waals surface area contributed by atoms with Gasteiger partial charge in [-0.25, -0.2) is 0 Å². The van der Waals surface area contributed by atoms with E-state index in [1.54, 1.807) is 4.90 Å². The number of rotatable bonds is 4. The van der Waals surface area contributed by atoms with Gasteiger partial charge in [-0.3, -0.25) is 4.79 Å². The van der Waals surface area contributed by atoms with Crippen LogP contribution in [-0.2, 0) is 14.9 Å². The number of benzene rings is 2. The van der Waals surface area contributed by atoms with Gasteiger partial charge in [0.2, 0.25) is 5.91 Å². The lowest BCUT2D eigenvalue weighted by atomic mass is 9.73. The molecule has 1 saturated heterocycles. The van der Waals surface area contributed by atoms with E-state index in [2.05, 4.69) is 0 Å². The number of ether oxygens (including phenoxy) is 3. The first-order valence-electron chi connectivity index (χ1n) is 9.46. The van der Waals surface area contributed by atoms with Crippen molar-refractivity contribution in [2.75, 3.05) is 33.4 Å². The minimum Gasteiger partial charge on any atom is -0.486 e. The van der Waals surface area contributed by atoms with Gasteiger partial charge in [-0.2, -0.15) is 0 Å². The van der Waals surface area contributed by atoms with Gasteiger partial charge in [0.25, 0.3) is 0 Å². The van der Waals surface area contributed by atoms with Crippen molar-refractivity contribution in [2.24, 2.45) is 0 Å². The van der Waals surface area contributed by atoms with Crippen molar-refractivity contribution in [3.8, 4) is 11.5 Å². The molecule has 5 nitrogen and oxygen atoms in total. The maximum absolute atomic E-state index is 13.5. The zero-order valence-corrected chi connectivity index (χ0v) is 15.6. The summed E-state index contributed by atoms with van der Waals surface area (Å²) in [5.41, 5.74) is 0.540. The molecule has 5 heteroatoms. The van der Waals surface area contributed by atoms with Gasteiger partial charge in [0.05, 0.1) is 12.0 Å². The van der Waals surface area contributed by atoms with Crippen LogP contribution >= 0.6 is 0 Å². The topological polar surface area (TPSA) is 48.0 Å². The zero-order valence-electron chi connectivity index (χ0n) is 15.6. The van der Waals surface area contributed by atoms with Gasteiger partial charge in [-0.1, -0.05) is 42.5 Å². The molecule has 1 unspecified atom stereocenters. The van der Waals surface area contributed by atoms with E-state index in [4.69, 9.17) is 14.2 Å². The lowest BCUT2D eigenvalue weighted by Crippen LogP contribution is -2.51. The molecule has 0 spiro atoms. The fraction of sp³-hybridized carbons (Fsp3) is 0.409. The summed E-state index contributed by atoms with van der Waals surface area (Å²) >= 11 is 0. The van der Waals surface area contributed by atoms with Crippen molar-refractivity contribution in [3.05, 3.63) is 60.2 Å². The molecule has 2 heterocycles. The minimum absolute atomic E-state index is 0.124. The van der Waals surface area contributed by atoms with Crippen LogP contribution in [0.25, 0.3) is 0 Å². The molecule has 0 aromatic heterocycles. The molecule has 2 aromatic rings. The van der Waals surface area contributed by atoms with Crippen LogP contribution in [-0.4, -0.2) is 50.3 Å². The van der Waals surface area contributed by atoms with Crippen LogP contribution in [0, 0.1) is 0 Å². The molecule has 0 bridgehead atoms. The van der Waals surface area contributed by atoms with E-state index >= 15 is 0 Å². The fourth-order valence-electron chi connectivity index (χ4n) is 4.01. The third-order valence-electron chi connectivity index (χ3n) is 5.47. The van der Waals surface area contributed by atoms with Gasteiger partial charge in [-0.15, -0.1) is 0 Å². The maximum atomic E-state index is 13.5. The summed E-state index contributed by atoms with van der Waals surface area (Å²) in [6.07, 6.45) is 1.22. The van der Waals surface area contributed by atoms with Crippen molar-refractivity contribution >= 4 is 5.91 Å². The van der Waals surface area contributed by atoms with Gasteiger partial charge in [-0.05, 0) is 30.5 Å². The monoisotopic (exact) mass is 367 g/mol. The number of para-hydroxylation sites is 2. The molecule has 2 aliphatic heterocycles. The van der Waals surface area contributed by atoms with E-state index in [-0.39, 0.29) is 12.0 Å². The highest BCUT2D eigenvalue weighted by Gasteiger charge is 2.43. The van der Waals surface area contributed by atoms with E-state index in [1.165, 1.54) is 0 Å². The summed E-state index contributed by atoms with van der Waals surface area (Å²) in [6.45, 7) is 2.13. The second-order valence-corrected chi connectivity index (χ2v) is 7.24. The Bertz CT molecular complexity index is 786. The SMILES string of the molecule is CN(CC1COc2ccccc2O1)C(=O)C1(c2ccccc2)CCOCC1. The molecule has 1 atom stereocenters. The van der Waals surface area contributed by atoms with Crippen LogP contribution in [0.3, 0.4) is 0 Å². The number of carbonyl (C=O) groups is 1. The number of amides is 1. The Labute approximate surface area is 159 Å². The summed E-state index contributed by atoms with van der Waals surface area (Å²) in [6, 6.07) is 17.7. The molecule has 0 aliphatic carbocycles. The Hall–Kier alpha value is -2.53. The van der Waals surface area contributed by atoms with Crippen molar-refractivity contribution < 1.29 is 19.0 Å². The Morgan fingerprint density at radius 2 is 1.70 bits per heavy atom. The third-order valence-corrected chi connectivity index (χ3v) is 5.47. The average molecular weight is 367 g/mol. The first kappa shape index (κ1) is 17.9. The summed E-state index contributed by atoms with van der Waals surface area (Å²) in [5, 5.41) is 0. The van der Waals surface area contributed by atoms with Crippen LogP contribution in [0.1, 0.15) is 18.4 Å². The molecule has 1 fully saturated rings. The van der Waals surface area contributed by atoms with Gasteiger partial charge >= 0.3 is 0 Å². The molecule has 27 heavy (non-hydrogen) atoms. The number of carbonyl (C=O) groups excluding carboxylic acids is 1. The van der Waals surface area contributed by atoms with E-state index in [9.17, 15) is 4.79 Å². The molecular formula is C22H25NO4. The second kappa shape index (κ2) is 7.61. The minimum atomic E-state index is -0.526. The molecule has 4 rings (SSSR count). The first-order chi connectivity index (χ1) is 13.2. The highest BCUT2D eigenvalue weighted by atomic mass is 16.6.